The molecular formula is C48H26N4O8S2. The fourth-order valence-electron chi connectivity index (χ4n) is 8.00. The molecule has 62 heavy (non-hydrogen) atoms. The van der Waals surface area contributed by atoms with Crippen LogP contribution in [0.5, 0.6) is 0 Å². The zero-order valence-corrected chi connectivity index (χ0v) is 33.6. The number of benzene rings is 5. The van der Waals surface area contributed by atoms with E-state index >= 15 is 0 Å². The lowest BCUT2D eigenvalue weighted by Gasteiger charge is -2.09. The Balaban J connectivity index is 1.14. The Bertz CT molecular complexity index is 3650. The van der Waals surface area contributed by atoms with E-state index in [0.717, 1.165) is 11.1 Å². The molecule has 0 radical (unpaired) electrons. The zero-order chi connectivity index (χ0) is 42.2. The molecule has 0 N–H and O–H groups in total. The Hall–Kier alpha value is -7.94. The molecular weight excluding hydrogens is 825 g/mol. The number of aromatic nitrogens is 2. The van der Waals surface area contributed by atoms with Gasteiger partial charge in [0.05, 0.1) is 31.5 Å². The third-order valence-electron chi connectivity index (χ3n) is 10.9. The molecule has 0 aliphatic heterocycles. The molecule has 0 aliphatic carbocycles. The van der Waals surface area contributed by atoms with E-state index in [9.17, 15) is 28.8 Å². The Kier molecular flexibility index (Phi) is 8.59. The fraction of sp³-hybridized carbons (Fsp3) is 0.0417. The lowest BCUT2D eigenvalue weighted by molar-refractivity contribution is 0.142. The Morgan fingerprint density at radius 1 is 0.435 bits per heavy atom. The molecule has 0 fully saturated rings. The number of fused-ring (bicyclic) bond motifs is 8. The fourth-order valence-corrected chi connectivity index (χ4v) is 10.1. The third-order valence-corrected chi connectivity index (χ3v) is 13.0. The van der Waals surface area contributed by atoms with Gasteiger partial charge >= 0.3 is 12.2 Å². The molecule has 4 heterocycles. The van der Waals surface area contributed by atoms with Crippen molar-refractivity contribution in [3.63, 3.8) is 0 Å². The standard InChI is InChI=1S/C48H26N4O8S2/c53-41-27-15-7-8-16-28(27)42(54)39(41)49-37-21-35-45(61-37)31-20-34-32(19-33(31)51(35)47(57)59-23-25-11-3-1-4-12-25)46-36(52(34)48(58)60-24-26-13-5-2-6-14-26)22-38(62-46)50-40-43(55)29-17-9-10-18-30(29)44(40)56/h1-22H,23-24H2. The lowest BCUT2D eigenvalue weighted by Crippen LogP contribution is -2.31. The highest BCUT2D eigenvalue weighted by molar-refractivity contribution is 7.24. The molecule has 0 aliphatic rings. The Labute approximate surface area is 354 Å². The van der Waals surface area contributed by atoms with Crippen molar-refractivity contribution in [1.82, 2.24) is 9.13 Å². The summed E-state index contributed by atoms with van der Waals surface area (Å²) in [5, 5.41) is 2.42. The summed E-state index contributed by atoms with van der Waals surface area (Å²) in [7, 11) is 0. The summed E-state index contributed by atoms with van der Waals surface area (Å²) in [5.74, 6) is 0. The van der Waals surface area contributed by atoms with Gasteiger partial charge in [-0.25, -0.2) is 28.7 Å². The molecule has 0 amide bonds. The molecule has 0 spiro atoms. The van der Waals surface area contributed by atoms with E-state index in [1.54, 1.807) is 72.8 Å². The maximum Gasteiger partial charge on any atom is 0.419 e. The second kappa shape index (κ2) is 14.4. The molecule has 298 valence electrons. The molecule has 0 atom stereocenters. The number of carbonyl (C=O) groups is 2. The summed E-state index contributed by atoms with van der Waals surface area (Å²) in [6, 6.07) is 38.4. The monoisotopic (exact) mass is 850 g/mol. The number of thiophene rings is 2. The van der Waals surface area contributed by atoms with Crippen molar-refractivity contribution >= 4 is 109 Å². The van der Waals surface area contributed by atoms with Crippen molar-refractivity contribution in [1.29, 1.82) is 0 Å². The van der Waals surface area contributed by atoms with E-state index in [0.29, 0.717) is 52.2 Å². The van der Waals surface area contributed by atoms with Crippen molar-refractivity contribution in [2.45, 2.75) is 13.2 Å². The molecule has 11 aromatic rings. The molecule has 4 aromatic heterocycles. The van der Waals surface area contributed by atoms with Crippen LogP contribution in [-0.4, -0.2) is 21.3 Å². The Morgan fingerprint density at radius 2 is 0.774 bits per heavy atom. The first-order valence-electron chi connectivity index (χ1n) is 19.3. The van der Waals surface area contributed by atoms with Gasteiger partial charge in [-0.1, -0.05) is 109 Å². The number of nitrogens with zero attached hydrogens (tertiary/aromatic N) is 4. The molecule has 0 unspecified atom stereocenters. The lowest BCUT2D eigenvalue weighted by atomic mass is 10.2. The van der Waals surface area contributed by atoms with Crippen LogP contribution >= 0.6 is 22.7 Å². The topological polar surface area (TPSA) is 155 Å². The van der Waals surface area contributed by atoms with E-state index in [2.05, 4.69) is 9.98 Å². The zero-order valence-electron chi connectivity index (χ0n) is 32.0. The van der Waals surface area contributed by atoms with Gasteiger partial charge < -0.3 is 9.47 Å². The number of ether oxygens (including phenoxy) is 2. The quantitative estimate of drug-likeness (QED) is 0.162. The average molecular weight is 851 g/mol. The summed E-state index contributed by atoms with van der Waals surface area (Å²) < 4.78 is 15.8. The van der Waals surface area contributed by atoms with Gasteiger partial charge in [0.15, 0.2) is 10.7 Å². The minimum atomic E-state index is -0.695. The molecule has 11 rings (SSSR count). The molecule has 14 heteroatoms. The molecule has 7 aromatic carbocycles. The van der Waals surface area contributed by atoms with E-state index in [-0.39, 0.29) is 45.5 Å². The summed E-state index contributed by atoms with van der Waals surface area (Å²) in [5.41, 5.74) is 1.34. The van der Waals surface area contributed by atoms with E-state index < -0.39 is 33.9 Å². The van der Waals surface area contributed by atoms with Gasteiger partial charge in [0.1, 0.15) is 23.2 Å². The van der Waals surface area contributed by atoms with Crippen LogP contribution in [0.3, 0.4) is 0 Å². The van der Waals surface area contributed by atoms with Crippen molar-refractivity contribution < 1.29 is 19.1 Å². The number of rotatable bonds is 6. The van der Waals surface area contributed by atoms with Gasteiger partial charge in [-0.2, -0.15) is 0 Å². The highest BCUT2D eigenvalue weighted by Crippen LogP contribution is 2.45. The average Bonchev–Trinajstić information content (AvgIpc) is 4.12. The largest absolute Gasteiger partial charge is 0.444 e. The molecule has 0 saturated heterocycles. The van der Waals surface area contributed by atoms with Crippen LogP contribution in [0.2, 0.25) is 0 Å². The number of carbonyl (C=O) groups excluding carboxylic acids is 2. The third kappa shape index (κ3) is 5.87. The van der Waals surface area contributed by atoms with Gasteiger partial charge in [-0.15, -0.1) is 22.7 Å². The smallest absolute Gasteiger partial charge is 0.419 e. The summed E-state index contributed by atoms with van der Waals surface area (Å²) in [4.78, 5) is 90.8. The highest BCUT2D eigenvalue weighted by Gasteiger charge is 2.26. The van der Waals surface area contributed by atoms with E-state index in [1.807, 2.05) is 60.7 Å². The van der Waals surface area contributed by atoms with Crippen molar-refractivity contribution in [3.8, 4) is 0 Å². The van der Waals surface area contributed by atoms with Crippen molar-refractivity contribution in [3.05, 3.63) is 196 Å². The number of hydrogen-bond acceptors (Lipinski definition) is 12. The maximum atomic E-state index is 14.2. The van der Waals surface area contributed by atoms with Crippen LogP contribution in [-0.2, 0) is 22.7 Å². The normalized spacial score (nSPS) is 11.7. The second-order valence-corrected chi connectivity index (χ2v) is 16.6. The van der Waals surface area contributed by atoms with Gasteiger partial charge in [-0.05, 0) is 35.4 Å². The Morgan fingerprint density at radius 3 is 1.13 bits per heavy atom. The first-order chi connectivity index (χ1) is 30.2. The number of hydrogen-bond donors (Lipinski definition) is 0. The summed E-state index contributed by atoms with van der Waals surface area (Å²) in [6.07, 6.45) is -1.39. The van der Waals surface area contributed by atoms with Crippen LogP contribution in [0.15, 0.2) is 163 Å². The van der Waals surface area contributed by atoms with Gasteiger partial charge in [-0.3, -0.25) is 19.2 Å². The molecule has 12 nitrogen and oxygen atoms in total. The second-order valence-electron chi connectivity index (χ2n) is 14.6. The first kappa shape index (κ1) is 37.1. The van der Waals surface area contributed by atoms with Crippen molar-refractivity contribution in [2.75, 3.05) is 0 Å². The van der Waals surface area contributed by atoms with Gasteiger partial charge in [0.25, 0.3) is 0 Å². The predicted octanol–water partition coefficient (Wildman–Crippen LogP) is 8.36. The SMILES string of the molecule is O=C(OCc1ccccc1)n1c2cc3c4sc(N=c5c(=O)c6ccccc6c5=O)cc4n(C(=O)OCc4ccccc4)c3cc2c2sc(N=c3c(=O)c4ccccc4c3=O)cc21. The highest BCUT2D eigenvalue weighted by atomic mass is 32.1. The van der Waals surface area contributed by atoms with E-state index in [4.69, 9.17) is 9.47 Å². The van der Waals surface area contributed by atoms with Crippen LogP contribution in [0.1, 0.15) is 11.1 Å². The van der Waals surface area contributed by atoms with Crippen molar-refractivity contribution in [2.24, 2.45) is 9.98 Å². The van der Waals surface area contributed by atoms with E-state index in [1.165, 1.54) is 31.8 Å². The van der Waals surface area contributed by atoms with Crippen LogP contribution in [0.25, 0.3) is 63.8 Å². The van der Waals surface area contributed by atoms with Gasteiger partial charge in [0.2, 0.25) is 21.7 Å². The minimum Gasteiger partial charge on any atom is -0.444 e. The van der Waals surface area contributed by atoms with Crippen LogP contribution in [0, 0.1) is 0 Å². The molecule has 0 saturated carbocycles. The maximum absolute atomic E-state index is 14.2. The van der Waals surface area contributed by atoms with Crippen LogP contribution < -0.4 is 32.4 Å². The summed E-state index contributed by atoms with van der Waals surface area (Å²) in [6.45, 7) is -0.0408. The van der Waals surface area contributed by atoms with Gasteiger partial charge in [0, 0.05) is 32.3 Å². The van der Waals surface area contributed by atoms with Crippen LogP contribution in [0.4, 0.5) is 19.6 Å². The predicted molar refractivity (Wildman–Crippen MR) is 240 cm³/mol. The first-order valence-corrected chi connectivity index (χ1v) is 20.9. The minimum absolute atomic E-state index is 0.0204. The molecule has 0 bridgehead atoms. The summed E-state index contributed by atoms with van der Waals surface area (Å²) >= 11 is 2.36.